The number of methoxy groups -OCH3 is 1. The third-order valence-corrected chi connectivity index (χ3v) is 2.54. The molecule has 106 valence electrons. The van der Waals surface area contributed by atoms with Crippen LogP contribution in [0.2, 0.25) is 0 Å². The van der Waals surface area contributed by atoms with Gasteiger partial charge in [-0.05, 0) is 6.92 Å². The molecule has 2 aromatic rings. The summed E-state index contributed by atoms with van der Waals surface area (Å²) in [5, 5.41) is 6.29. The van der Waals surface area contributed by atoms with Crippen molar-refractivity contribution in [3.63, 3.8) is 0 Å². The zero-order valence-electron chi connectivity index (χ0n) is 11.1. The summed E-state index contributed by atoms with van der Waals surface area (Å²) in [5.41, 5.74) is -0.193. The van der Waals surface area contributed by atoms with Gasteiger partial charge >= 0.3 is 0 Å². The van der Waals surface area contributed by atoms with Gasteiger partial charge in [-0.2, -0.15) is 4.98 Å². The van der Waals surface area contributed by atoms with E-state index in [-0.39, 0.29) is 22.8 Å². The van der Waals surface area contributed by atoms with E-state index in [1.165, 1.54) is 19.4 Å². The maximum Gasteiger partial charge on any atom is 0.267 e. The third kappa shape index (κ3) is 3.22. The van der Waals surface area contributed by atoms with E-state index in [2.05, 4.69) is 20.4 Å². The molecule has 0 atom stereocenters. The molecule has 2 rings (SSSR count). The van der Waals surface area contributed by atoms with E-state index < -0.39 is 0 Å². The van der Waals surface area contributed by atoms with Gasteiger partial charge < -0.3 is 19.6 Å². The Kier molecular flexibility index (Phi) is 4.14. The van der Waals surface area contributed by atoms with Crippen LogP contribution in [-0.4, -0.2) is 34.7 Å². The van der Waals surface area contributed by atoms with Gasteiger partial charge in [0.15, 0.2) is 11.6 Å². The maximum absolute atomic E-state index is 11.8. The second-order valence-corrected chi connectivity index (χ2v) is 4.02. The summed E-state index contributed by atoms with van der Waals surface area (Å²) in [6.45, 7) is 2.04. The second kappa shape index (κ2) is 6.00. The lowest BCUT2D eigenvalue weighted by molar-refractivity contribution is 0.0948. The molecule has 0 aliphatic rings. The number of amides is 1. The van der Waals surface area contributed by atoms with Gasteiger partial charge in [0.2, 0.25) is 11.3 Å². The molecule has 0 aliphatic carbocycles. The molecule has 0 spiro atoms. The van der Waals surface area contributed by atoms with Crippen LogP contribution in [-0.2, 0) is 6.42 Å². The molecule has 0 aromatic carbocycles. The minimum Gasteiger partial charge on any atom is -0.491 e. The summed E-state index contributed by atoms with van der Waals surface area (Å²) in [6, 6.07) is 1.19. The molecule has 0 unspecified atom stereocenters. The van der Waals surface area contributed by atoms with Gasteiger partial charge in [-0.15, -0.1) is 0 Å². The first-order chi connectivity index (χ1) is 9.60. The van der Waals surface area contributed by atoms with Crippen LogP contribution < -0.4 is 15.5 Å². The normalized spacial score (nSPS) is 10.3. The summed E-state index contributed by atoms with van der Waals surface area (Å²) >= 11 is 0. The molecule has 0 fully saturated rings. The highest BCUT2D eigenvalue weighted by Crippen LogP contribution is 2.01. The Morgan fingerprint density at radius 3 is 2.95 bits per heavy atom. The molecule has 0 aliphatic heterocycles. The average molecular weight is 278 g/mol. The number of hydrogen-bond donors (Lipinski definition) is 2. The van der Waals surface area contributed by atoms with Gasteiger partial charge in [-0.3, -0.25) is 9.59 Å². The Morgan fingerprint density at radius 1 is 1.55 bits per heavy atom. The minimum absolute atomic E-state index is 0.155. The SMILES string of the molecule is COc1c[nH]c(C(=O)NCCc2nc(C)no2)cc1=O. The van der Waals surface area contributed by atoms with Crippen molar-refractivity contribution in [3.05, 3.63) is 39.9 Å². The largest absolute Gasteiger partial charge is 0.491 e. The van der Waals surface area contributed by atoms with Crippen molar-refractivity contribution in [2.45, 2.75) is 13.3 Å². The zero-order chi connectivity index (χ0) is 14.5. The first-order valence-electron chi connectivity index (χ1n) is 5.94. The lowest BCUT2D eigenvalue weighted by Gasteiger charge is -2.04. The van der Waals surface area contributed by atoms with Crippen LogP contribution in [0.5, 0.6) is 5.75 Å². The molecular formula is C12H14N4O4. The van der Waals surface area contributed by atoms with Crippen LogP contribution in [0.1, 0.15) is 22.2 Å². The molecule has 8 nitrogen and oxygen atoms in total. The molecule has 2 N–H and O–H groups in total. The Hall–Kier alpha value is -2.64. The number of H-pyrrole nitrogens is 1. The number of carbonyl (C=O) groups is 1. The van der Waals surface area contributed by atoms with Crippen molar-refractivity contribution in [1.29, 1.82) is 0 Å². The number of aryl methyl sites for hydroxylation is 1. The lowest BCUT2D eigenvalue weighted by Crippen LogP contribution is -2.27. The number of pyridine rings is 1. The molecule has 0 saturated carbocycles. The van der Waals surface area contributed by atoms with Crippen LogP contribution in [0, 0.1) is 6.92 Å². The molecular weight excluding hydrogens is 264 g/mol. The van der Waals surface area contributed by atoms with E-state index >= 15 is 0 Å². The van der Waals surface area contributed by atoms with Gasteiger partial charge in [0.1, 0.15) is 5.69 Å². The first-order valence-corrected chi connectivity index (χ1v) is 5.94. The molecule has 2 heterocycles. The number of aromatic nitrogens is 3. The lowest BCUT2D eigenvalue weighted by atomic mass is 10.3. The molecule has 0 radical (unpaired) electrons. The molecule has 8 heteroatoms. The average Bonchev–Trinajstić information content (AvgIpc) is 2.84. The van der Waals surface area contributed by atoms with Gasteiger partial charge in [0, 0.05) is 25.2 Å². The summed E-state index contributed by atoms with van der Waals surface area (Å²) in [5.74, 6) is 0.765. The van der Waals surface area contributed by atoms with Crippen LogP contribution in [0.4, 0.5) is 0 Å². The van der Waals surface area contributed by atoms with E-state index in [1.54, 1.807) is 6.92 Å². The van der Waals surface area contributed by atoms with Crippen LogP contribution in [0.3, 0.4) is 0 Å². The number of aromatic amines is 1. The highest BCUT2D eigenvalue weighted by molar-refractivity contribution is 5.92. The number of nitrogens with one attached hydrogen (secondary N) is 2. The fourth-order valence-electron chi connectivity index (χ4n) is 1.57. The topological polar surface area (TPSA) is 110 Å². The summed E-state index contributed by atoms with van der Waals surface area (Å²) in [4.78, 5) is 30.0. The molecule has 0 saturated heterocycles. The summed E-state index contributed by atoms with van der Waals surface area (Å²) in [7, 11) is 1.39. The smallest absolute Gasteiger partial charge is 0.267 e. The van der Waals surface area contributed by atoms with Crippen molar-refractivity contribution in [2.24, 2.45) is 0 Å². The Morgan fingerprint density at radius 2 is 2.35 bits per heavy atom. The first kappa shape index (κ1) is 13.8. The van der Waals surface area contributed by atoms with E-state index in [0.717, 1.165) is 0 Å². The fourth-order valence-corrected chi connectivity index (χ4v) is 1.57. The van der Waals surface area contributed by atoms with E-state index in [0.29, 0.717) is 24.7 Å². The predicted octanol–water partition coefficient (Wildman–Crippen LogP) is 0.0474. The van der Waals surface area contributed by atoms with Crippen LogP contribution >= 0.6 is 0 Å². The zero-order valence-corrected chi connectivity index (χ0v) is 11.1. The van der Waals surface area contributed by atoms with E-state index in [9.17, 15) is 9.59 Å². The van der Waals surface area contributed by atoms with E-state index in [1.807, 2.05) is 0 Å². The number of ether oxygens (including phenoxy) is 1. The summed E-state index contributed by atoms with van der Waals surface area (Å²) in [6.07, 6.45) is 1.77. The van der Waals surface area contributed by atoms with Crippen molar-refractivity contribution in [3.8, 4) is 5.75 Å². The maximum atomic E-state index is 11.8. The van der Waals surface area contributed by atoms with Gasteiger partial charge in [0.05, 0.1) is 7.11 Å². The van der Waals surface area contributed by atoms with Gasteiger partial charge in [0.25, 0.3) is 5.91 Å². The van der Waals surface area contributed by atoms with E-state index in [4.69, 9.17) is 9.26 Å². The third-order valence-electron chi connectivity index (χ3n) is 2.54. The Balaban J connectivity index is 1.91. The highest BCUT2D eigenvalue weighted by atomic mass is 16.5. The number of rotatable bonds is 5. The molecule has 20 heavy (non-hydrogen) atoms. The standard InChI is InChI=1S/C12H14N4O4/c1-7-15-11(20-16-7)3-4-13-12(18)8-5-9(17)10(19-2)6-14-8/h5-6H,3-4H2,1-2H3,(H,13,18)(H,14,17). The fraction of sp³-hybridized carbons (Fsp3) is 0.333. The predicted molar refractivity (Wildman–Crippen MR) is 68.7 cm³/mol. The monoisotopic (exact) mass is 278 g/mol. The number of nitrogens with zero attached hydrogens (tertiary/aromatic N) is 2. The van der Waals surface area contributed by atoms with Gasteiger partial charge in [-0.1, -0.05) is 5.16 Å². The quantitative estimate of drug-likeness (QED) is 0.799. The minimum atomic E-state index is -0.388. The highest BCUT2D eigenvalue weighted by Gasteiger charge is 2.09. The van der Waals surface area contributed by atoms with Crippen molar-refractivity contribution < 1.29 is 14.1 Å². The Bertz CT molecular complexity index is 661. The van der Waals surface area contributed by atoms with Crippen LogP contribution in [0.15, 0.2) is 21.6 Å². The van der Waals surface area contributed by atoms with Crippen molar-refractivity contribution in [1.82, 2.24) is 20.4 Å². The van der Waals surface area contributed by atoms with Gasteiger partial charge in [-0.25, -0.2) is 0 Å². The van der Waals surface area contributed by atoms with Crippen molar-refractivity contribution >= 4 is 5.91 Å². The summed E-state index contributed by atoms with van der Waals surface area (Å²) < 4.78 is 9.73. The Labute approximate surface area is 114 Å². The molecule has 2 aromatic heterocycles. The molecule has 0 bridgehead atoms. The second-order valence-electron chi connectivity index (χ2n) is 4.02. The molecule has 1 amide bonds. The number of hydrogen-bond acceptors (Lipinski definition) is 6. The van der Waals surface area contributed by atoms with Crippen molar-refractivity contribution in [2.75, 3.05) is 13.7 Å². The number of carbonyl (C=O) groups excluding carboxylic acids is 1. The van der Waals surface area contributed by atoms with Crippen LogP contribution in [0.25, 0.3) is 0 Å².